The van der Waals surface area contributed by atoms with Crippen LogP contribution in [0, 0.1) is 17.0 Å². The van der Waals surface area contributed by atoms with Gasteiger partial charge in [-0.3, -0.25) is 15.0 Å². The molecule has 0 aromatic carbocycles. The second kappa shape index (κ2) is 6.49. The lowest BCUT2D eigenvalue weighted by atomic mass is 10.2. The maximum absolute atomic E-state index is 10.9. The van der Waals surface area contributed by atoms with Gasteiger partial charge in [0.25, 0.3) is 5.69 Å². The van der Waals surface area contributed by atoms with Gasteiger partial charge in [0, 0.05) is 18.2 Å². The molecule has 1 aromatic heterocycles. The van der Waals surface area contributed by atoms with Gasteiger partial charge in [-0.15, -0.1) is 0 Å². The molecule has 0 bridgehead atoms. The van der Waals surface area contributed by atoms with Crippen molar-refractivity contribution in [3.8, 4) is 0 Å². The molecule has 1 aromatic rings. The minimum absolute atomic E-state index is 0.0403. The van der Waals surface area contributed by atoms with Crippen LogP contribution in [0.2, 0.25) is 0 Å². The predicted octanol–water partition coefficient (Wildman–Crippen LogP) is 2.96. The van der Waals surface area contributed by atoms with E-state index in [0.717, 1.165) is 19.6 Å². The fourth-order valence-electron chi connectivity index (χ4n) is 2.63. The Hall–Kier alpha value is -1.21. The Balaban J connectivity index is 2.07. The van der Waals surface area contributed by atoms with E-state index in [9.17, 15) is 10.1 Å². The molecular formula is C13H19BrN4O2. The van der Waals surface area contributed by atoms with E-state index in [1.807, 2.05) is 0 Å². The molecule has 0 aliphatic carbocycles. The Morgan fingerprint density at radius 3 is 3.05 bits per heavy atom. The number of nitrogens with zero attached hydrogens (tertiary/aromatic N) is 3. The number of aromatic nitrogens is 1. The molecule has 7 heteroatoms. The van der Waals surface area contributed by atoms with E-state index < -0.39 is 4.92 Å². The summed E-state index contributed by atoms with van der Waals surface area (Å²) < 4.78 is 0.674. The van der Waals surface area contributed by atoms with Gasteiger partial charge in [-0.25, -0.2) is 4.98 Å². The van der Waals surface area contributed by atoms with Crippen molar-refractivity contribution in [1.29, 1.82) is 0 Å². The zero-order valence-electron chi connectivity index (χ0n) is 11.7. The standard InChI is InChI=1S/C13H19BrN4O2/c1-3-17-6-4-5-10(17)7-15-13-12(14)9(2)11(8-16-13)18(19)20/h8,10H,3-7H2,1-2H3,(H,15,16). The summed E-state index contributed by atoms with van der Waals surface area (Å²) in [5, 5.41) is 14.2. The molecule has 2 heterocycles. The van der Waals surface area contributed by atoms with Gasteiger partial charge in [-0.1, -0.05) is 6.92 Å². The summed E-state index contributed by atoms with van der Waals surface area (Å²) in [6.07, 6.45) is 3.73. The van der Waals surface area contributed by atoms with E-state index in [0.29, 0.717) is 21.9 Å². The normalized spacial score (nSPS) is 19.2. The first kappa shape index (κ1) is 15.2. The lowest BCUT2D eigenvalue weighted by Gasteiger charge is -2.23. The molecule has 1 aliphatic heterocycles. The van der Waals surface area contributed by atoms with Crippen molar-refractivity contribution in [3.05, 3.63) is 26.3 Å². The summed E-state index contributed by atoms with van der Waals surface area (Å²) in [6, 6.07) is 0.518. The molecule has 0 radical (unpaired) electrons. The third kappa shape index (κ3) is 3.09. The number of hydrogen-bond donors (Lipinski definition) is 1. The Labute approximate surface area is 126 Å². The third-order valence-corrected chi connectivity index (χ3v) is 4.81. The van der Waals surface area contributed by atoms with Crippen LogP contribution >= 0.6 is 15.9 Å². The van der Waals surface area contributed by atoms with Crippen molar-refractivity contribution in [3.63, 3.8) is 0 Å². The van der Waals surface area contributed by atoms with Crippen molar-refractivity contribution in [2.45, 2.75) is 32.7 Å². The van der Waals surface area contributed by atoms with E-state index in [1.165, 1.54) is 19.0 Å². The van der Waals surface area contributed by atoms with Crippen LogP contribution in [0.4, 0.5) is 11.5 Å². The van der Waals surface area contributed by atoms with E-state index in [4.69, 9.17) is 0 Å². The fraction of sp³-hybridized carbons (Fsp3) is 0.615. The van der Waals surface area contributed by atoms with Crippen molar-refractivity contribution in [2.24, 2.45) is 0 Å². The maximum Gasteiger partial charge on any atom is 0.291 e. The topological polar surface area (TPSA) is 71.3 Å². The summed E-state index contributed by atoms with van der Waals surface area (Å²) in [6.45, 7) is 6.92. The minimum atomic E-state index is -0.410. The van der Waals surface area contributed by atoms with Crippen LogP contribution in [0.25, 0.3) is 0 Å². The van der Waals surface area contributed by atoms with Gasteiger partial charge in [0.15, 0.2) is 0 Å². The lowest BCUT2D eigenvalue weighted by Crippen LogP contribution is -2.34. The number of rotatable bonds is 5. The fourth-order valence-corrected chi connectivity index (χ4v) is 3.08. The monoisotopic (exact) mass is 342 g/mol. The number of likely N-dealkylation sites (N-methyl/N-ethyl adjacent to an activating group) is 1. The molecule has 2 rings (SSSR count). The van der Waals surface area contributed by atoms with Crippen LogP contribution in [0.5, 0.6) is 0 Å². The first-order valence-electron chi connectivity index (χ1n) is 6.82. The summed E-state index contributed by atoms with van der Waals surface area (Å²) in [5.74, 6) is 0.677. The van der Waals surface area contributed by atoms with Crippen molar-refractivity contribution >= 4 is 27.4 Å². The highest BCUT2D eigenvalue weighted by Crippen LogP contribution is 2.30. The van der Waals surface area contributed by atoms with Crippen LogP contribution in [-0.4, -0.2) is 40.5 Å². The highest BCUT2D eigenvalue weighted by molar-refractivity contribution is 9.10. The molecular weight excluding hydrogens is 324 g/mol. The van der Waals surface area contributed by atoms with Gasteiger partial charge >= 0.3 is 0 Å². The van der Waals surface area contributed by atoms with Crippen LogP contribution in [0.3, 0.4) is 0 Å². The van der Waals surface area contributed by atoms with Crippen molar-refractivity contribution in [1.82, 2.24) is 9.88 Å². The first-order chi connectivity index (χ1) is 9.54. The quantitative estimate of drug-likeness (QED) is 0.657. The molecule has 1 saturated heterocycles. The number of nitrogens with one attached hydrogen (secondary N) is 1. The van der Waals surface area contributed by atoms with Gasteiger partial charge in [0.05, 0.1) is 9.40 Å². The Bertz CT molecular complexity index is 509. The van der Waals surface area contributed by atoms with Crippen LogP contribution < -0.4 is 5.32 Å². The van der Waals surface area contributed by atoms with Crippen LogP contribution in [-0.2, 0) is 0 Å². The number of pyridine rings is 1. The SMILES string of the molecule is CCN1CCCC1CNc1ncc([N+](=O)[O-])c(C)c1Br. The van der Waals surface area contributed by atoms with E-state index in [1.54, 1.807) is 6.92 Å². The second-order valence-corrected chi connectivity index (χ2v) is 5.79. The predicted molar refractivity (Wildman–Crippen MR) is 82.1 cm³/mol. The smallest absolute Gasteiger partial charge is 0.291 e. The van der Waals surface area contributed by atoms with Crippen LogP contribution in [0.15, 0.2) is 10.7 Å². The Morgan fingerprint density at radius 2 is 2.40 bits per heavy atom. The molecule has 1 fully saturated rings. The lowest BCUT2D eigenvalue weighted by molar-refractivity contribution is -0.385. The van der Waals surface area contributed by atoms with E-state index in [-0.39, 0.29) is 5.69 Å². The van der Waals surface area contributed by atoms with Gasteiger partial charge in [0.1, 0.15) is 12.0 Å². The number of nitro groups is 1. The number of likely N-dealkylation sites (tertiary alicyclic amines) is 1. The number of anilines is 1. The first-order valence-corrected chi connectivity index (χ1v) is 7.61. The largest absolute Gasteiger partial charge is 0.368 e. The molecule has 1 aliphatic rings. The second-order valence-electron chi connectivity index (χ2n) is 4.99. The molecule has 1 atom stereocenters. The maximum atomic E-state index is 10.9. The van der Waals surface area contributed by atoms with Gasteiger partial charge < -0.3 is 5.32 Å². The molecule has 110 valence electrons. The summed E-state index contributed by atoms with van der Waals surface area (Å²) in [4.78, 5) is 17.0. The Kier molecular flexibility index (Phi) is 4.93. The number of hydrogen-bond acceptors (Lipinski definition) is 5. The minimum Gasteiger partial charge on any atom is -0.368 e. The van der Waals surface area contributed by atoms with Crippen LogP contribution in [0.1, 0.15) is 25.3 Å². The van der Waals surface area contributed by atoms with Gasteiger partial charge in [-0.05, 0) is 48.8 Å². The van der Waals surface area contributed by atoms with Gasteiger partial charge in [-0.2, -0.15) is 0 Å². The van der Waals surface area contributed by atoms with Gasteiger partial charge in [0.2, 0.25) is 0 Å². The molecule has 0 saturated carbocycles. The summed E-state index contributed by atoms with van der Waals surface area (Å²) in [7, 11) is 0. The average Bonchev–Trinajstić information content (AvgIpc) is 2.87. The molecule has 1 N–H and O–H groups in total. The molecule has 6 nitrogen and oxygen atoms in total. The molecule has 20 heavy (non-hydrogen) atoms. The zero-order valence-corrected chi connectivity index (χ0v) is 13.3. The highest BCUT2D eigenvalue weighted by Gasteiger charge is 2.23. The van der Waals surface area contributed by atoms with Crippen molar-refractivity contribution in [2.75, 3.05) is 25.0 Å². The van der Waals surface area contributed by atoms with E-state index in [2.05, 4.69) is 38.1 Å². The summed E-state index contributed by atoms with van der Waals surface area (Å²) >= 11 is 3.40. The molecule has 0 spiro atoms. The molecule has 1 unspecified atom stereocenters. The molecule has 0 amide bonds. The average molecular weight is 343 g/mol. The zero-order chi connectivity index (χ0) is 14.7. The van der Waals surface area contributed by atoms with E-state index >= 15 is 0 Å². The highest BCUT2D eigenvalue weighted by atomic mass is 79.9. The third-order valence-electron chi connectivity index (χ3n) is 3.84. The Morgan fingerprint density at radius 1 is 1.65 bits per heavy atom. The summed E-state index contributed by atoms with van der Waals surface area (Å²) in [5.41, 5.74) is 0.643. The van der Waals surface area contributed by atoms with Crippen molar-refractivity contribution < 1.29 is 4.92 Å². The number of halogens is 1.